The fourth-order valence-corrected chi connectivity index (χ4v) is 1.74. The van der Waals surface area contributed by atoms with E-state index in [1.807, 2.05) is 6.92 Å². The lowest BCUT2D eigenvalue weighted by atomic mass is 10.0. The highest BCUT2D eigenvalue weighted by atomic mass is 79.9. The van der Waals surface area contributed by atoms with Crippen LogP contribution in [0.1, 0.15) is 30.5 Å². The molecule has 0 heterocycles. The van der Waals surface area contributed by atoms with E-state index >= 15 is 0 Å². The van der Waals surface area contributed by atoms with Crippen molar-refractivity contribution in [3.63, 3.8) is 0 Å². The molecular weight excluding hydrogens is 306 g/mol. The lowest BCUT2D eigenvalue weighted by Crippen LogP contribution is -2.11. The quantitative estimate of drug-likeness (QED) is 0.864. The lowest BCUT2D eigenvalue weighted by molar-refractivity contribution is -0.137. The highest BCUT2D eigenvalue weighted by molar-refractivity contribution is 9.10. The maximum atomic E-state index is 12.5. The largest absolute Gasteiger partial charge is 0.416 e. The third-order valence-electron chi connectivity index (χ3n) is 2.12. The fourth-order valence-electron chi connectivity index (χ4n) is 1.23. The van der Waals surface area contributed by atoms with Gasteiger partial charge in [0.05, 0.1) is 5.56 Å². The average molecular weight is 319 g/mol. The molecule has 1 nitrogen and oxygen atoms in total. The molecule has 0 aliphatic carbocycles. The number of benzene rings is 1. The van der Waals surface area contributed by atoms with Gasteiger partial charge in [0, 0.05) is 10.5 Å². The number of hydrogen-bond acceptors (Lipinski definition) is 1. The van der Waals surface area contributed by atoms with Crippen LogP contribution in [0.3, 0.4) is 0 Å². The Bertz CT molecular complexity index is 354. The van der Waals surface area contributed by atoms with Crippen LogP contribution in [0.2, 0.25) is 0 Å². The second kappa shape index (κ2) is 5.89. The third-order valence-corrected chi connectivity index (χ3v) is 2.57. The van der Waals surface area contributed by atoms with Gasteiger partial charge in [0.15, 0.2) is 0 Å². The Morgan fingerprint density at radius 3 is 2.31 bits per heavy atom. The summed E-state index contributed by atoms with van der Waals surface area (Å²) in [7, 11) is 0. The van der Waals surface area contributed by atoms with Crippen LogP contribution in [0.5, 0.6) is 0 Å². The maximum Gasteiger partial charge on any atom is 0.416 e. The van der Waals surface area contributed by atoms with E-state index in [0.29, 0.717) is 16.5 Å². The molecular formula is C10H12BrClF3N. The molecule has 1 rings (SSSR count). The summed E-state index contributed by atoms with van der Waals surface area (Å²) in [5, 5.41) is 0. The molecule has 0 unspecified atom stereocenters. The number of alkyl halides is 3. The van der Waals surface area contributed by atoms with Crippen molar-refractivity contribution in [2.24, 2.45) is 5.73 Å². The van der Waals surface area contributed by atoms with Gasteiger partial charge in [-0.15, -0.1) is 12.4 Å². The Balaban J connectivity index is 0.00000225. The molecule has 92 valence electrons. The summed E-state index contributed by atoms with van der Waals surface area (Å²) in [5.41, 5.74) is 5.52. The minimum absolute atomic E-state index is 0. The van der Waals surface area contributed by atoms with Crippen LogP contribution in [0.25, 0.3) is 0 Å². The summed E-state index contributed by atoms with van der Waals surface area (Å²) in [6.07, 6.45) is -3.72. The fraction of sp³-hybridized carbons (Fsp3) is 0.400. The van der Waals surface area contributed by atoms with Gasteiger partial charge in [-0.05, 0) is 30.2 Å². The molecule has 0 amide bonds. The van der Waals surface area contributed by atoms with Crippen molar-refractivity contribution in [1.82, 2.24) is 0 Å². The molecule has 0 aliphatic heterocycles. The molecule has 6 heteroatoms. The molecule has 16 heavy (non-hydrogen) atoms. The van der Waals surface area contributed by atoms with Crippen LogP contribution in [-0.2, 0) is 6.18 Å². The first-order valence-electron chi connectivity index (χ1n) is 4.48. The van der Waals surface area contributed by atoms with Gasteiger partial charge in [-0.1, -0.05) is 22.9 Å². The first kappa shape index (κ1) is 15.7. The molecule has 0 radical (unpaired) electrons. The Labute approximate surface area is 107 Å². The second-order valence-electron chi connectivity index (χ2n) is 3.29. The Morgan fingerprint density at radius 1 is 1.31 bits per heavy atom. The van der Waals surface area contributed by atoms with E-state index in [2.05, 4.69) is 15.9 Å². The number of nitrogens with two attached hydrogens (primary N) is 1. The first-order valence-corrected chi connectivity index (χ1v) is 5.27. The van der Waals surface area contributed by atoms with Crippen LogP contribution in [-0.4, -0.2) is 0 Å². The molecule has 0 aliphatic rings. The second-order valence-corrected chi connectivity index (χ2v) is 4.20. The summed E-state index contributed by atoms with van der Waals surface area (Å²) in [6.45, 7) is 1.83. The molecule has 0 spiro atoms. The minimum atomic E-state index is -4.33. The zero-order chi connectivity index (χ0) is 11.6. The van der Waals surface area contributed by atoms with Crippen LogP contribution in [0.15, 0.2) is 22.7 Å². The highest BCUT2D eigenvalue weighted by Crippen LogP contribution is 2.33. The molecule has 0 aromatic heterocycles. The summed E-state index contributed by atoms with van der Waals surface area (Å²) in [5.74, 6) is 0. The van der Waals surface area contributed by atoms with Crippen LogP contribution < -0.4 is 5.73 Å². The van der Waals surface area contributed by atoms with E-state index in [9.17, 15) is 13.2 Å². The normalized spacial score (nSPS) is 13.1. The molecule has 0 saturated carbocycles. The first-order chi connectivity index (χ1) is 6.84. The van der Waals surface area contributed by atoms with Gasteiger partial charge in [0.25, 0.3) is 0 Å². The van der Waals surface area contributed by atoms with E-state index in [1.165, 1.54) is 0 Å². The summed E-state index contributed by atoms with van der Waals surface area (Å²) >= 11 is 3.05. The zero-order valence-corrected chi connectivity index (χ0v) is 10.9. The van der Waals surface area contributed by atoms with E-state index in [-0.39, 0.29) is 18.4 Å². The van der Waals surface area contributed by atoms with E-state index in [4.69, 9.17) is 5.73 Å². The van der Waals surface area contributed by atoms with Gasteiger partial charge in [-0.3, -0.25) is 0 Å². The Hall–Kier alpha value is -0.260. The topological polar surface area (TPSA) is 26.0 Å². The summed E-state index contributed by atoms with van der Waals surface area (Å²) < 4.78 is 37.8. The minimum Gasteiger partial charge on any atom is -0.324 e. The van der Waals surface area contributed by atoms with Crippen molar-refractivity contribution in [3.05, 3.63) is 33.8 Å². The van der Waals surface area contributed by atoms with Gasteiger partial charge in [-0.25, -0.2) is 0 Å². The predicted octanol–water partition coefficient (Wildman–Crippen LogP) is 4.30. The average Bonchev–Trinajstić information content (AvgIpc) is 2.14. The molecule has 1 aromatic carbocycles. The van der Waals surface area contributed by atoms with Gasteiger partial charge >= 0.3 is 6.18 Å². The van der Waals surface area contributed by atoms with Crippen molar-refractivity contribution in [2.75, 3.05) is 0 Å². The standard InChI is InChI=1S/C10H11BrF3N.ClH/c1-2-9(15)6-3-7(10(12,13)14)5-8(11)4-6;/h3-5,9H,2,15H2,1H3;1H/t9-;/m0./s1. The Morgan fingerprint density at radius 2 is 1.88 bits per heavy atom. The zero-order valence-electron chi connectivity index (χ0n) is 8.51. The molecule has 0 saturated heterocycles. The van der Waals surface area contributed by atoms with Crippen LogP contribution in [0.4, 0.5) is 13.2 Å². The van der Waals surface area contributed by atoms with Crippen LogP contribution >= 0.6 is 28.3 Å². The van der Waals surface area contributed by atoms with Crippen molar-refractivity contribution in [1.29, 1.82) is 0 Å². The Kier molecular flexibility index (Phi) is 5.79. The molecule has 1 aromatic rings. The number of rotatable bonds is 2. The van der Waals surface area contributed by atoms with Crippen LogP contribution in [0, 0.1) is 0 Å². The van der Waals surface area contributed by atoms with E-state index < -0.39 is 11.7 Å². The van der Waals surface area contributed by atoms with Gasteiger partial charge < -0.3 is 5.73 Å². The smallest absolute Gasteiger partial charge is 0.324 e. The van der Waals surface area contributed by atoms with E-state index in [0.717, 1.165) is 12.1 Å². The summed E-state index contributed by atoms with van der Waals surface area (Å²) in [4.78, 5) is 0. The third kappa shape index (κ3) is 3.96. The van der Waals surface area contributed by atoms with Gasteiger partial charge in [0.1, 0.15) is 0 Å². The van der Waals surface area contributed by atoms with Crippen molar-refractivity contribution in [3.8, 4) is 0 Å². The number of hydrogen-bond donors (Lipinski definition) is 1. The summed E-state index contributed by atoms with van der Waals surface area (Å²) in [6, 6.07) is 3.40. The molecule has 1 atom stereocenters. The van der Waals surface area contributed by atoms with Crippen molar-refractivity contribution >= 4 is 28.3 Å². The van der Waals surface area contributed by atoms with Crippen molar-refractivity contribution < 1.29 is 13.2 Å². The number of halogens is 5. The lowest BCUT2D eigenvalue weighted by Gasteiger charge is -2.13. The molecule has 0 bridgehead atoms. The van der Waals surface area contributed by atoms with E-state index in [1.54, 1.807) is 6.07 Å². The molecule has 0 fully saturated rings. The predicted molar refractivity (Wildman–Crippen MR) is 63.6 cm³/mol. The van der Waals surface area contributed by atoms with Crippen molar-refractivity contribution in [2.45, 2.75) is 25.6 Å². The van der Waals surface area contributed by atoms with Gasteiger partial charge in [0.2, 0.25) is 0 Å². The SMILES string of the molecule is CC[C@H](N)c1cc(Br)cc(C(F)(F)F)c1.Cl. The monoisotopic (exact) mass is 317 g/mol. The highest BCUT2D eigenvalue weighted by Gasteiger charge is 2.31. The molecule has 2 N–H and O–H groups in total. The van der Waals surface area contributed by atoms with Gasteiger partial charge in [-0.2, -0.15) is 13.2 Å². The maximum absolute atomic E-state index is 12.5.